The zero-order chi connectivity index (χ0) is 13.7. The van der Waals surface area contributed by atoms with Gasteiger partial charge in [-0.2, -0.15) is 0 Å². The predicted molar refractivity (Wildman–Crippen MR) is 71.0 cm³/mol. The highest BCUT2D eigenvalue weighted by Crippen LogP contribution is 2.21. The van der Waals surface area contributed by atoms with Crippen molar-refractivity contribution in [2.45, 2.75) is 13.0 Å². The van der Waals surface area contributed by atoms with Crippen LogP contribution in [0.2, 0.25) is 5.02 Å². The number of ether oxygens (including phenoxy) is 1. The lowest BCUT2D eigenvalue weighted by molar-refractivity contribution is 0.0380. The van der Waals surface area contributed by atoms with Gasteiger partial charge in [0.05, 0.1) is 23.3 Å². The molecular weight excluding hydrogens is 254 g/mol. The monoisotopic (exact) mass is 271 g/mol. The van der Waals surface area contributed by atoms with Gasteiger partial charge in [0, 0.05) is 20.7 Å². The van der Waals surface area contributed by atoms with Crippen molar-refractivity contribution in [1.29, 1.82) is 0 Å². The van der Waals surface area contributed by atoms with Gasteiger partial charge >= 0.3 is 0 Å². The summed E-state index contributed by atoms with van der Waals surface area (Å²) in [5.74, 6) is -0.209. The van der Waals surface area contributed by atoms with Crippen LogP contribution in [0.1, 0.15) is 15.9 Å². The maximum atomic E-state index is 12.1. The molecule has 100 valence electrons. The molecule has 0 fully saturated rings. The molecule has 1 rings (SSSR count). The first kappa shape index (κ1) is 15.0. The molecule has 0 radical (unpaired) electrons. The minimum absolute atomic E-state index is 0.194. The maximum absolute atomic E-state index is 12.1. The molecule has 0 aliphatic rings. The van der Waals surface area contributed by atoms with Crippen molar-refractivity contribution in [3.05, 3.63) is 34.3 Å². The first-order valence-corrected chi connectivity index (χ1v) is 6.02. The highest BCUT2D eigenvalue weighted by Gasteiger charge is 2.18. The van der Waals surface area contributed by atoms with Gasteiger partial charge in [0.15, 0.2) is 0 Å². The number of aryl methyl sites for hydroxylation is 1. The molecule has 0 heterocycles. The van der Waals surface area contributed by atoms with Crippen molar-refractivity contribution < 1.29 is 14.6 Å². The molecule has 1 aromatic rings. The number of rotatable bonds is 5. The van der Waals surface area contributed by atoms with Crippen molar-refractivity contribution in [1.82, 2.24) is 4.90 Å². The Bertz CT molecular complexity index is 423. The van der Waals surface area contributed by atoms with Gasteiger partial charge < -0.3 is 14.7 Å². The highest BCUT2D eigenvalue weighted by molar-refractivity contribution is 6.34. The van der Waals surface area contributed by atoms with Gasteiger partial charge in [0.2, 0.25) is 0 Å². The fraction of sp³-hybridized carbons (Fsp3) is 0.462. The zero-order valence-electron chi connectivity index (χ0n) is 10.8. The number of hydrogen-bond acceptors (Lipinski definition) is 3. The smallest absolute Gasteiger partial charge is 0.255 e. The van der Waals surface area contributed by atoms with E-state index >= 15 is 0 Å². The first-order chi connectivity index (χ1) is 8.47. The molecule has 1 unspecified atom stereocenters. The number of amides is 1. The highest BCUT2D eigenvalue weighted by atomic mass is 35.5. The number of aliphatic hydroxyl groups is 1. The van der Waals surface area contributed by atoms with Gasteiger partial charge in [-0.25, -0.2) is 0 Å². The Hall–Kier alpha value is -1.10. The molecule has 1 atom stereocenters. The van der Waals surface area contributed by atoms with E-state index in [4.69, 9.17) is 16.3 Å². The number of hydrogen-bond donors (Lipinski definition) is 1. The minimum atomic E-state index is -0.701. The quantitative estimate of drug-likeness (QED) is 0.887. The second-order valence-corrected chi connectivity index (χ2v) is 4.61. The Balaban J connectivity index is 2.77. The van der Waals surface area contributed by atoms with Gasteiger partial charge in [-0.05, 0) is 18.6 Å². The molecule has 4 nitrogen and oxygen atoms in total. The van der Waals surface area contributed by atoms with Crippen LogP contribution in [0.4, 0.5) is 0 Å². The second kappa shape index (κ2) is 6.73. The third-order valence-electron chi connectivity index (χ3n) is 2.61. The van der Waals surface area contributed by atoms with Gasteiger partial charge in [0.1, 0.15) is 0 Å². The van der Waals surface area contributed by atoms with E-state index in [0.29, 0.717) is 10.6 Å². The van der Waals surface area contributed by atoms with E-state index in [1.165, 1.54) is 12.0 Å². The van der Waals surface area contributed by atoms with Crippen LogP contribution in [0.3, 0.4) is 0 Å². The van der Waals surface area contributed by atoms with E-state index < -0.39 is 6.10 Å². The maximum Gasteiger partial charge on any atom is 0.255 e. The number of likely N-dealkylation sites (N-methyl/N-ethyl adjacent to an activating group) is 1. The molecule has 18 heavy (non-hydrogen) atoms. The Morgan fingerprint density at radius 1 is 1.56 bits per heavy atom. The molecule has 0 saturated carbocycles. The molecule has 1 aromatic carbocycles. The number of nitrogens with zero attached hydrogens (tertiary/aromatic N) is 1. The van der Waals surface area contributed by atoms with Gasteiger partial charge in [0.25, 0.3) is 5.91 Å². The van der Waals surface area contributed by atoms with Crippen molar-refractivity contribution in [3.63, 3.8) is 0 Å². The van der Waals surface area contributed by atoms with E-state index in [1.54, 1.807) is 19.2 Å². The normalized spacial score (nSPS) is 12.3. The van der Waals surface area contributed by atoms with E-state index in [0.717, 1.165) is 5.56 Å². The van der Waals surface area contributed by atoms with Crippen LogP contribution in [0, 0.1) is 6.92 Å². The second-order valence-electron chi connectivity index (χ2n) is 4.23. The number of carbonyl (C=O) groups is 1. The molecule has 0 spiro atoms. The standard InChI is InChI=1S/C13H18ClNO3/c1-9-5-4-6-11(12(9)14)13(17)15(2)7-10(16)8-18-3/h4-6,10,16H,7-8H2,1-3H3. The molecule has 0 saturated heterocycles. The Morgan fingerprint density at radius 2 is 2.22 bits per heavy atom. The molecule has 0 bridgehead atoms. The topological polar surface area (TPSA) is 49.8 Å². The molecular formula is C13H18ClNO3. The SMILES string of the molecule is COCC(O)CN(C)C(=O)c1cccc(C)c1Cl. The van der Waals surface area contributed by atoms with E-state index in [-0.39, 0.29) is 19.1 Å². The third-order valence-corrected chi connectivity index (χ3v) is 3.11. The fourth-order valence-corrected chi connectivity index (χ4v) is 1.87. The average molecular weight is 272 g/mol. The van der Waals surface area contributed by atoms with Crippen LogP contribution in [0.5, 0.6) is 0 Å². The lowest BCUT2D eigenvalue weighted by atomic mass is 10.1. The van der Waals surface area contributed by atoms with Crippen molar-refractivity contribution >= 4 is 17.5 Å². The number of aliphatic hydroxyl groups excluding tert-OH is 1. The lowest BCUT2D eigenvalue weighted by Gasteiger charge is -2.21. The first-order valence-electron chi connectivity index (χ1n) is 5.65. The summed E-state index contributed by atoms with van der Waals surface area (Å²) in [5, 5.41) is 10.0. The summed E-state index contributed by atoms with van der Waals surface area (Å²) >= 11 is 6.10. The summed E-state index contributed by atoms with van der Waals surface area (Å²) in [6, 6.07) is 5.31. The van der Waals surface area contributed by atoms with Crippen LogP contribution in [0.25, 0.3) is 0 Å². The number of carbonyl (C=O) groups excluding carboxylic acids is 1. The molecule has 5 heteroatoms. The molecule has 0 aromatic heterocycles. The van der Waals surface area contributed by atoms with Gasteiger partial charge in [-0.3, -0.25) is 4.79 Å². The molecule has 1 amide bonds. The van der Waals surface area contributed by atoms with Crippen LogP contribution >= 0.6 is 11.6 Å². The number of benzene rings is 1. The third kappa shape index (κ3) is 3.70. The summed E-state index contributed by atoms with van der Waals surface area (Å²) < 4.78 is 4.82. The van der Waals surface area contributed by atoms with E-state index in [2.05, 4.69) is 0 Å². The molecule has 1 N–H and O–H groups in total. The lowest BCUT2D eigenvalue weighted by Crippen LogP contribution is -2.36. The largest absolute Gasteiger partial charge is 0.389 e. The summed E-state index contributed by atoms with van der Waals surface area (Å²) in [5.41, 5.74) is 1.30. The van der Waals surface area contributed by atoms with Gasteiger partial charge in [-0.1, -0.05) is 23.7 Å². The Labute approximate surface area is 112 Å². The summed E-state index contributed by atoms with van der Waals surface area (Å²) in [7, 11) is 3.13. The zero-order valence-corrected chi connectivity index (χ0v) is 11.6. The van der Waals surface area contributed by atoms with Crippen LogP contribution in [-0.2, 0) is 4.74 Å². The Kier molecular flexibility index (Phi) is 5.59. The predicted octanol–water partition coefficient (Wildman–Crippen LogP) is 1.73. The van der Waals surface area contributed by atoms with Crippen molar-refractivity contribution in [2.75, 3.05) is 27.3 Å². The van der Waals surface area contributed by atoms with Crippen molar-refractivity contribution in [2.24, 2.45) is 0 Å². The van der Waals surface area contributed by atoms with E-state index in [1.807, 2.05) is 13.0 Å². The fourth-order valence-electron chi connectivity index (χ4n) is 1.66. The minimum Gasteiger partial charge on any atom is -0.389 e. The summed E-state index contributed by atoms with van der Waals surface area (Å²) in [6.07, 6.45) is -0.701. The number of methoxy groups -OCH3 is 1. The van der Waals surface area contributed by atoms with Crippen molar-refractivity contribution in [3.8, 4) is 0 Å². The Morgan fingerprint density at radius 3 is 2.83 bits per heavy atom. The van der Waals surface area contributed by atoms with Crippen LogP contribution in [0.15, 0.2) is 18.2 Å². The number of halogens is 1. The summed E-state index contributed by atoms with van der Waals surface area (Å²) in [4.78, 5) is 13.6. The van der Waals surface area contributed by atoms with Crippen LogP contribution < -0.4 is 0 Å². The molecule has 0 aliphatic heterocycles. The van der Waals surface area contributed by atoms with E-state index in [9.17, 15) is 9.90 Å². The average Bonchev–Trinajstić information content (AvgIpc) is 2.32. The van der Waals surface area contributed by atoms with Crippen LogP contribution in [-0.4, -0.2) is 49.3 Å². The molecule has 0 aliphatic carbocycles. The van der Waals surface area contributed by atoms with Gasteiger partial charge in [-0.15, -0.1) is 0 Å². The summed E-state index contributed by atoms with van der Waals surface area (Å²) in [6.45, 7) is 2.25.